The quantitative estimate of drug-likeness (QED) is 0.265. The lowest BCUT2D eigenvalue weighted by atomic mass is 9.79. The molecule has 0 saturated heterocycles. The summed E-state index contributed by atoms with van der Waals surface area (Å²) in [5.41, 5.74) is 1.92. The number of hydrogen-bond donors (Lipinski definition) is 1. The third kappa shape index (κ3) is 4.45. The Bertz CT molecular complexity index is 1500. The first-order valence-corrected chi connectivity index (χ1v) is 11.6. The van der Waals surface area contributed by atoms with Gasteiger partial charge in [0.15, 0.2) is 0 Å². The van der Waals surface area contributed by atoms with Crippen molar-refractivity contribution in [3.8, 4) is 0 Å². The third-order valence-electron chi connectivity index (χ3n) is 5.85. The molecule has 0 fully saturated rings. The van der Waals surface area contributed by atoms with Gasteiger partial charge in [0.05, 0.1) is 27.8 Å². The van der Waals surface area contributed by atoms with Crippen LogP contribution >= 0.6 is 11.6 Å². The molecule has 8 heteroatoms. The highest BCUT2D eigenvalue weighted by atomic mass is 35.5. The first kappa shape index (κ1) is 25.0. The maximum absolute atomic E-state index is 13.4. The van der Waals surface area contributed by atoms with Crippen LogP contribution in [-0.2, 0) is 19.1 Å². The lowest BCUT2D eigenvalue weighted by molar-refractivity contribution is -0.138. The molecule has 1 N–H and O–H groups in total. The molecule has 0 amide bonds. The molecule has 0 spiro atoms. The standard InChI is InChI=1S/C28H24ClNO6/c1-5-11-34-27(32)22-15(3)30-16(4)23(28(33)35-12-6-2)24(22)19-13-17(29)14-20-25(31)18-9-7-8-10-21(18)36-26(19)20/h5-10,13-14,24,30H,1-2,11-12H2,3-4H3. The molecule has 1 aromatic heterocycles. The second-order valence-corrected chi connectivity index (χ2v) is 8.65. The van der Waals surface area contributed by atoms with Crippen LogP contribution in [0.15, 0.2) is 93.5 Å². The predicted molar refractivity (Wildman–Crippen MR) is 139 cm³/mol. The van der Waals surface area contributed by atoms with Gasteiger partial charge in [-0.05, 0) is 38.1 Å². The van der Waals surface area contributed by atoms with Gasteiger partial charge >= 0.3 is 11.9 Å². The summed E-state index contributed by atoms with van der Waals surface area (Å²) in [5, 5.41) is 3.93. The van der Waals surface area contributed by atoms with E-state index in [2.05, 4.69) is 18.5 Å². The molecule has 0 atom stereocenters. The average molecular weight is 506 g/mol. The number of esters is 2. The zero-order chi connectivity index (χ0) is 26.0. The summed E-state index contributed by atoms with van der Waals surface area (Å²) >= 11 is 6.47. The van der Waals surface area contributed by atoms with Gasteiger partial charge in [0.25, 0.3) is 0 Å². The number of benzene rings is 2. The fourth-order valence-electron chi connectivity index (χ4n) is 4.38. The van der Waals surface area contributed by atoms with E-state index in [9.17, 15) is 14.4 Å². The van der Waals surface area contributed by atoms with Crippen LogP contribution in [0.25, 0.3) is 21.9 Å². The van der Waals surface area contributed by atoms with E-state index in [1.807, 2.05) is 0 Å². The SMILES string of the molecule is C=CCOC(=O)C1=C(C)NC(C)=C(C(=O)OCC=C)C1c1cc(Cl)cc2c(=O)c3ccccc3oc12. The van der Waals surface area contributed by atoms with Crippen molar-refractivity contribution in [1.82, 2.24) is 5.32 Å². The highest BCUT2D eigenvalue weighted by molar-refractivity contribution is 6.31. The van der Waals surface area contributed by atoms with Gasteiger partial charge in [-0.15, -0.1) is 0 Å². The topological polar surface area (TPSA) is 94.8 Å². The van der Waals surface area contributed by atoms with Crippen molar-refractivity contribution in [1.29, 1.82) is 0 Å². The number of para-hydroxylation sites is 1. The van der Waals surface area contributed by atoms with Crippen molar-refractivity contribution in [2.45, 2.75) is 19.8 Å². The largest absolute Gasteiger partial charge is 0.458 e. The van der Waals surface area contributed by atoms with E-state index in [-0.39, 0.29) is 45.8 Å². The molecule has 4 rings (SSSR count). The maximum atomic E-state index is 13.4. The smallest absolute Gasteiger partial charge is 0.337 e. The van der Waals surface area contributed by atoms with E-state index >= 15 is 0 Å². The van der Waals surface area contributed by atoms with Gasteiger partial charge < -0.3 is 19.2 Å². The van der Waals surface area contributed by atoms with Crippen LogP contribution in [0.3, 0.4) is 0 Å². The molecular weight excluding hydrogens is 482 g/mol. The molecular formula is C28H24ClNO6. The number of allylic oxidation sites excluding steroid dienone is 2. The normalized spacial score (nSPS) is 14.1. The molecule has 0 bridgehead atoms. The Kier molecular flexibility index (Phi) is 7.12. The zero-order valence-corrected chi connectivity index (χ0v) is 20.6. The van der Waals surface area contributed by atoms with Crippen molar-refractivity contribution in [3.05, 3.63) is 105 Å². The summed E-state index contributed by atoms with van der Waals surface area (Å²) in [6.07, 6.45) is 2.89. The number of halogens is 1. The molecule has 2 aromatic carbocycles. The molecule has 2 heterocycles. The van der Waals surface area contributed by atoms with Gasteiger partial charge in [-0.2, -0.15) is 0 Å². The number of rotatable bonds is 7. The highest BCUT2D eigenvalue weighted by Gasteiger charge is 2.39. The van der Waals surface area contributed by atoms with Crippen molar-refractivity contribution >= 4 is 45.5 Å². The minimum Gasteiger partial charge on any atom is -0.458 e. The Hall–Kier alpha value is -4.10. The minimum atomic E-state index is -0.994. The van der Waals surface area contributed by atoms with Crippen LogP contribution in [0.4, 0.5) is 0 Å². The van der Waals surface area contributed by atoms with Gasteiger partial charge in [-0.3, -0.25) is 4.79 Å². The van der Waals surface area contributed by atoms with Crippen LogP contribution in [0, 0.1) is 0 Å². The van der Waals surface area contributed by atoms with Crippen molar-refractivity contribution in [3.63, 3.8) is 0 Å². The van der Waals surface area contributed by atoms with E-state index < -0.39 is 17.9 Å². The molecule has 184 valence electrons. The second-order valence-electron chi connectivity index (χ2n) is 8.21. The van der Waals surface area contributed by atoms with Crippen LogP contribution in [0.5, 0.6) is 0 Å². The van der Waals surface area contributed by atoms with Gasteiger partial charge in [0.1, 0.15) is 24.4 Å². The summed E-state index contributed by atoms with van der Waals surface area (Å²) in [6, 6.07) is 9.93. The predicted octanol–water partition coefficient (Wildman–Crippen LogP) is 5.29. The maximum Gasteiger partial charge on any atom is 0.337 e. The fourth-order valence-corrected chi connectivity index (χ4v) is 4.61. The average Bonchev–Trinajstić information content (AvgIpc) is 2.85. The number of nitrogens with one attached hydrogen (secondary N) is 1. The van der Waals surface area contributed by atoms with E-state index in [0.717, 1.165) is 0 Å². The number of carbonyl (C=O) groups excluding carboxylic acids is 2. The van der Waals surface area contributed by atoms with Crippen molar-refractivity contribution in [2.75, 3.05) is 13.2 Å². The number of hydrogen-bond acceptors (Lipinski definition) is 7. The highest BCUT2D eigenvalue weighted by Crippen LogP contribution is 2.43. The first-order valence-electron chi connectivity index (χ1n) is 11.2. The molecule has 0 saturated carbocycles. The molecule has 0 radical (unpaired) electrons. The minimum absolute atomic E-state index is 0.0305. The van der Waals surface area contributed by atoms with Crippen LogP contribution in [0.2, 0.25) is 5.02 Å². The summed E-state index contributed by atoms with van der Waals surface area (Å²) in [7, 11) is 0. The van der Waals surface area contributed by atoms with Gasteiger partial charge in [-0.25, -0.2) is 9.59 Å². The monoisotopic (exact) mass is 505 g/mol. The molecule has 1 aliphatic rings. The van der Waals surface area contributed by atoms with E-state index in [4.69, 9.17) is 25.5 Å². The number of fused-ring (bicyclic) bond motifs is 2. The van der Waals surface area contributed by atoms with Crippen molar-refractivity contribution in [2.24, 2.45) is 0 Å². The van der Waals surface area contributed by atoms with E-state index in [0.29, 0.717) is 27.9 Å². The van der Waals surface area contributed by atoms with Gasteiger partial charge in [0.2, 0.25) is 5.43 Å². The molecule has 7 nitrogen and oxygen atoms in total. The fraction of sp³-hybridized carbons (Fsp3) is 0.179. The van der Waals surface area contributed by atoms with Gasteiger partial charge in [-0.1, -0.05) is 49.0 Å². The lowest BCUT2D eigenvalue weighted by Gasteiger charge is -2.30. The third-order valence-corrected chi connectivity index (χ3v) is 6.06. The van der Waals surface area contributed by atoms with Crippen LogP contribution in [-0.4, -0.2) is 25.2 Å². The van der Waals surface area contributed by atoms with Gasteiger partial charge in [0, 0.05) is 22.0 Å². The Balaban J connectivity index is 2.06. The molecule has 36 heavy (non-hydrogen) atoms. The summed E-state index contributed by atoms with van der Waals surface area (Å²) in [4.78, 5) is 39.9. The van der Waals surface area contributed by atoms with Crippen molar-refractivity contribution < 1.29 is 23.5 Å². The van der Waals surface area contributed by atoms with E-state index in [1.54, 1.807) is 44.2 Å². The Morgan fingerprint density at radius 2 is 1.58 bits per heavy atom. The summed E-state index contributed by atoms with van der Waals surface area (Å²) in [6.45, 7) is 10.5. The molecule has 0 aliphatic carbocycles. The summed E-state index contributed by atoms with van der Waals surface area (Å²) in [5.74, 6) is -2.32. The lowest BCUT2D eigenvalue weighted by Crippen LogP contribution is -2.32. The summed E-state index contributed by atoms with van der Waals surface area (Å²) < 4.78 is 16.9. The Labute approximate surface area is 212 Å². The van der Waals surface area contributed by atoms with Crippen LogP contribution in [0.1, 0.15) is 25.3 Å². The number of ether oxygens (including phenoxy) is 2. The number of dihydropyridines is 1. The molecule has 3 aromatic rings. The number of carbonyl (C=O) groups is 2. The molecule has 0 unspecified atom stereocenters. The Morgan fingerprint density at radius 1 is 1.00 bits per heavy atom. The second kappa shape index (κ2) is 10.3. The molecule has 1 aliphatic heterocycles. The van der Waals surface area contributed by atoms with Crippen LogP contribution < -0.4 is 10.7 Å². The zero-order valence-electron chi connectivity index (χ0n) is 19.9. The first-order chi connectivity index (χ1) is 17.3. The Morgan fingerprint density at radius 3 is 2.17 bits per heavy atom. The van der Waals surface area contributed by atoms with E-state index in [1.165, 1.54) is 18.2 Å².